The fourth-order valence-electron chi connectivity index (χ4n) is 19.5. The van der Waals surface area contributed by atoms with Crippen molar-refractivity contribution in [1.82, 2.24) is 58.6 Å². The van der Waals surface area contributed by atoms with Crippen LogP contribution in [0.15, 0.2) is 473 Å². The Labute approximate surface area is 776 Å². The lowest BCUT2D eigenvalue weighted by molar-refractivity contribution is 1.07. The van der Waals surface area contributed by atoms with Crippen LogP contribution < -0.4 is 0 Å². The second kappa shape index (κ2) is 33.6. The van der Waals surface area contributed by atoms with Crippen LogP contribution in [0.25, 0.3) is 250 Å². The summed E-state index contributed by atoms with van der Waals surface area (Å²) in [6.45, 7) is 0. The fraction of sp³-hybridized carbons (Fsp3) is 0. The fourth-order valence-corrected chi connectivity index (χ4v) is 19.5. The molecule has 21 aromatic carbocycles. The lowest BCUT2D eigenvalue weighted by Crippen LogP contribution is -2.00. The van der Waals surface area contributed by atoms with Gasteiger partial charge in [-0.25, -0.2) is 44.9 Å². The van der Waals surface area contributed by atoms with Crippen molar-refractivity contribution in [2.45, 2.75) is 0 Å². The largest absolute Gasteiger partial charge is 0.309 e. The Balaban J connectivity index is 0.000000108. The molecule has 0 spiro atoms. The third-order valence-corrected chi connectivity index (χ3v) is 25.9. The predicted octanol–water partition coefficient (Wildman–Crippen LogP) is 30.8. The first-order chi connectivity index (χ1) is 66.9. The summed E-state index contributed by atoms with van der Waals surface area (Å²) in [7, 11) is 0. The maximum Gasteiger partial charge on any atom is 0.164 e. The molecule has 0 N–H and O–H groups in total. The monoisotopic (exact) mass is 1720 g/mol. The van der Waals surface area contributed by atoms with Gasteiger partial charge in [0.25, 0.3) is 0 Å². The quantitative estimate of drug-likeness (QED) is 0.117. The predicted molar refractivity (Wildman–Crippen MR) is 556 cm³/mol. The van der Waals surface area contributed by atoms with Crippen molar-refractivity contribution in [3.63, 3.8) is 0 Å². The summed E-state index contributed by atoms with van der Waals surface area (Å²) in [5.41, 5.74) is 19.0. The molecule has 12 heteroatoms. The van der Waals surface area contributed by atoms with Crippen molar-refractivity contribution in [2.75, 3.05) is 0 Å². The first kappa shape index (κ1) is 78.8. The van der Waals surface area contributed by atoms with Crippen molar-refractivity contribution in [3.8, 4) is 120 Å². The number of hydrogen-bond donors (Lipinski definition) is 0. The zero-order valence-electron chi connectivity index (χ0n) is 72.9. The second-order valence-corrected chi connectivity index (χ2v) is 33.9. The van der Waals surface area contributed by atoms with Crippen molar-refractivity contribution in [1.29, 1.82) is 0 Å². The highest BCUT2D eigenvalue weighted by Gasteiger charge is 2.24. The van der Waals surface area contributed by atoms with Crippen molar-refractivity contribution in [3.05, 3.63) is 473 Å². The van der Waals surface area contributed by atoms with Gasteiger partial charge < -0.3 is 13.7 Å². The molecular weight excluding hydrogens is 1650 g/mol. The van der Waals surface area contributed by atoms with Crippen molar-refractivity contribution < 1.29 is 0 Å². The van der Waals surface area contributed by atoms with Crippen LogP contribution in [0.3, 0.4) is 0 Å². The number of rotatable bonds is 12. The molecule has 0 bridgehead atoms. The molecule has 6 heterocycles. The van der Waals surface area contributed by atoms with Gasteiger partial charge in [0.15, 0.2) is 52.4 Å². The minimum atomic E-state index is 0.646. The highest BCUT2D eigenvalue weighted by molar-refractivity contribution is 6.30. The van der Waals surface area contributed by atoms with Crippen LogP contribution in [0, 0.1) is 0 Å². The third kappa shape index (κ3) is 14.3. The van der Waals surface area contributed by atoms with E-state index >= 15 is 0 Å². The molecule has 0 saturated carbocycles. The molecule has 0 aliphatic carbocycles. The summed E-state index contributed by atoms with van der Waals surface area (Å²) in [4.78, 5) is 44.2. The molecule has 630 valence electrons. The Kier molecular flexibility index (Phi) is 19.6. The Bertz CT molecular complexity index is 8750. The van der Waals surface area contributed by atoms with Crippen LogP contribution in [0.2, 0.25) is 0 Å². The van der Waals surface area contributed by atoms with E-state index in [-0.39, 0.29) is 0 Å². The highest BCUT2D eigenvalue weighted by atomic mass is 15.1. The zero-order chi connectivity index (χ0) is 89.2. The summed E-state index contributed by atoms with van der Waals surface area (Å²) in [6.07, 6.45) is 0. The van der Waals surface area contributed by atoms with Gasteiger partial charge in [-0.15, -0.1) is 0 Å². The van der Waals surface area contributed by atoms with Crippen LogP contribution in [-0.2, 0) is 0 Å². The van der Waals surface area contributed by atoms with Crippen LogP contribution in [-0.4, -0.2) is 58.6 Å². The average molecular weight is 1720 g/mol. The molecular formula is C123H78N12. The van der Waals surface area contributed by atoms with Gasteiger partial charge in [0, 0.05) is 105 Å². The minimum Gasteiger partial charge on any atom is -0.309 e. The molecule has 0 radical (unpaired) electrons. The van der Waals surface area contributed by atoms with E-state index in [4.69, 9.17) is 44.9 Å². The van der Waals surface area contributed by atoms with Crippen LogP contribution >= 0.6 is 0 Å². The summed E-state index contributed by atoms with van der Waals surface area (Å²) in [5, 5.41) is 22.5. The molecule has 0 fully saturated rings. The van der Waals surface area contributed by atoms with Crippen molar-refractivity contribution >= 4 is 130 Å². The highest BCUT2D eigenvalue weighted by Crippen LogP contribution is 2.45. The molecule has 135 heavy (non-hydrogen) atoms. The van der Waals surface area contributed by atoms with E-state index in [1.54, 1.807) is 0 Å². The zero-order valence-corrected chi connectivity index (χ0v) is 72.9. The Morgan fingerprint density at radius 3 is 0.659 bits per heavy atom. The van der Waals surface area contributed by atoms with Crippen molar-refractivity contribution in [2.24, 2.45) is 0 Å². The van der Waals surface area contributed by atoms with Gasteiger partial charge in [-0.2, -0.15) is 0 Å². The van der Waals surface area contributed by atoms with E-state index < -0.39 is 0 Å². The number of fused-ring (bicyclic) bond motifs is 20. The van der Waals surface area contributed by atoms with Gasteiger partial charge >= 0.3 is 0 Å². The Hall–Kier alpha value is -18.4. The van der Waals surface area contributed by atoms with E-state index in [9.17, 15) is 0 Å². The second-order valence-electron chi connectivity index (χ2n) is 33.9. The first-order valence-electron chi connectivity index (χ1n) is 45.4. The van der Waals surface area contributed by atoms with Gasteiger partial charge in [0.1, 0.15) is 0 Å². The molecule has 27 rings (SSSR count). The maximum absolute atomic E-state index is 4.94. The lowest BCUT2D eigenvalue weighted by Gasteiger charge is -2.12. The molecule has 0 aliphatic heterocycles. The van der Waals surface area contributed by atoms with Crippen LogP contribution in [0.4, 0.5) is 0 Å². The molecule has 0 aliphatic rings. The normalized spacial score (nSPS) is 11.6. The first-order valence-corrected chi connectivity index (χ1v) is 45.4. The van der Waals surface area contributed by atoms with Gasteiger partial charge in [0.05, 0.1) is 33.1 Å². The van der Waals surface area contributed by atoms with E-state index in [0.717, 1.165) is 67.1 Å². The van der Waals surface area contributed by atoms with E-state index in [1.165, 1.54) is 130 Å². The molecule has 0 saturated heterocycles. The number of hydrogen-bond acceptors (Lipinski definition) is 9. The Morgan fingerprint density at radius 1 is 0.126 bits per heavy atom. The summed E-state index contributed by atoms with van der Waals surface area (Å²) in [6, 6.07) is 165. The number of nitrogens with zero attached hydrogens (tertiary/aromatic N) is 12. The summed E-state index contributed by atoms with van der Waals surface area (Å²) < 4.78 is 7.17. The third-order valence-electron chi connectivity index (χ3n) is 25.9. The Morgan fingerprint density at radius 2 is 0.341 bits per heavy atom. The van der Waals surface area contributed by atoms with E-state index in [2.05, 4.69) is 305 Å². The van der Waals surface area contributed by atoms with Gasteiger partial charge in [0.2, 0.25) is 0 Å². The SMILES string of the molecule is c1ccc(-c2nc(-c3ccccc3)nc(-c3ccc(-n4c5cc6ccccc6cc5c5c6ccccc6ccc54)cc3)n2)cc1.c1ccc(-c2nc(-c3ccccc3)nc(-c3ccc(-n4c5ccc6ccccc6c5c5c6ccccc6ccc54)cc3)n2)cc1.c1ccc(-c2nc(-c3ccccc3)nc(-c3ccc(-n4c5ccc6ccccc6c5c5ccc6ccccc6c54)cc3)n2)cc1. The van der Waals surface area contributed by atoms with E-state index in [0.29, 0.717) is 52.4 Å². The molecule has 0 atom stereocenters. The van der Waals surface area contributed by atoms with E-state index in [1.807, 2.05) is 182 Å². The van der Waals surface area contributed by atoms with Crippen LogP contribution in [0.5, 0.6) is 0 Å². The molecule has 6 aromatic heterocycles. The molecule has 12 nitrogen and oxygen atoms in total. The summed E-state index contributed by atoms with van der Waals surface area (Å²) in [5.74, 6) is 5.88. The smallest absolute Gasteiger partial charge is 0.164 e. The molecule has 0 unspecified atom stereocenters. The molecule has 27 aromatic rings. The lowest BCUT2D eigenvalue weighted by atomic mass is 10.00. The van der Waals surface area contributed by atoms with Gasteiger partial charge in [-0.05, 0) is 168 Å². The maximum atomic E-state index is 4.94. The minimum absolute atomic E-state index is 0.646. The average Bonchev–Trinajstić information content (AvgIpc) is 1.57. The number of benzene rings is 21. The number of aromatic nitrogens is 12. The van der Waals surface area contributed by atoms with Gasteiger partial charge in [-0.3, -0.25) is 0 Å². The molecule has 0 amide bonds. The standard InChI is InChI=1S/3C41H26N4/c1-3-13-29(14-4-1)39-42-40(30-15-5-2-6-16-30)44-41(43-39)31-19-23-32(24-20-31)45-36-26-22-27-11-7-9-17-33(27)37(36)35-25-21-28-12-8-10-18-34(28)38(35)45;1-3-13-29(14-4-1)39-42-40(30-15-5-2-6-16-30)44-41(43-39)31-19-23-32(24-20-31)45-35-25-21-27-11-7-9-17-33(27)37(35)38-34-18-10-8-12-28(34)22-26-36(38)45;1-3-12-28(13-4-1)39-42-40(29-14-5-2-6-15-29)44-41(43-39)30-19-22-33(23-20-30)45-36-24-21-27-11-9-10-18-34(27)38(36)35-25-31-16-7-8-17-32(31)26-37(35)45/h3*1-26H. The summed E-state index contributed by atoms with van der Waals surface area (Å²) >= 11 is 0. The van der Waals surface area contributed by atoms with Gasteiger partial charge in [-0.1, -0.05) is 364 Å². The van der Waals surface area contributed by atoms with Crippen LogP contribution in [0.1, 0.15) is 0 Å². The topological polar surface area (TPSA) is 131 Å².